The molecular formula is C25H33N3O4. The highest BCUT2D eigenvalue weighted by Crippen LogP contribution is 2.35. The molecule has 1 amide bonds. The van der Waals surface area contributed by atoms with Gasteiger partial charge in [-0.3, -0.25) is 4.79 Å². The molecule has 0 aliphatic heterocycles. The van der Waals surface area contributed by atoms with Gasteiger partial charge in [0.05, 0.1) is 19.8 Å². The van der Waals surface area contributed by atoms with Crippen LogP contribution in [0.5, 0.6) is 11.5 Å². The number of hydrogen-bond acceptors (Lipinski definition) is 5. The van der Waals surface area contributed by atoms with Gasteiger partial charge >= 0.3 is 0 Å². The van der Waals surface area contributed by atoms with E-state index in [0.717, 1.165) is 29.5 Å². The Kier molecular flexibility index (Phi) is 7.53. The highest BCUT2D eigenvalue weighted by Gasteiger charge is 2.29. The van der Waals surface area contributed by atoms with Crippen LogP contribution in [0.15, 0.2) is 41.4 Å². The first kappa shape index (κ1) is 23.8. The normalized spacial score (nSPS) is 16.0. The molecule has 32 heavy (non-hydrogen) atoms. The van der Waals surface area contributed by atoms with E-state index in [4.69, 9.17) is 15.2 Å². The first-order valence-electron chi connectivity index (χ1n) is 11.1. The van der Waals surface area contributed by atoms with Crippen molar-refractivity contribution in [2.45, 2.75) is 52.1 Å². The van der Waals surface area contributed by atoms with Crippen molar-refractivity contribution in [3.8, 4) is 11.5 Å². The van der Waals surface area contributed by atoms with Crippen LogP contribution in [-0.4, -0.2) is 42.2 Å². The number of amidine groups is 1. The van der Waals surface area contributed by atoms with Gasteiger partial charge in [-0.1, -0.05) is 18.2 Å². The molecule has 0 aromatic heterocycles. The average molecular weight is 440 g/mol. The Morgan fingerprint density at radius 2 is 1.91 bits per heavy atom. The van der Waals surface area contributed by atoms with Crippen molar-refractivity contribution < 1.29 is 19.4 Å². The van der Waals surface area contributed by atoms with Gasteiger partial charge in [0, 0.05) is 22.7 Å². The van der Waals surface area contributed by atoms with Gasteiger partial charge in [-0.2, -0.15) is 4.99 Å². The van der Waals surface area contributed by atoms with Gasteiger partial charge in [-0.15, -0.1) is 0 Å². The highest BCUT2D eigenvalue weighted by atomic mass is 16.5. The van der Waals surface area contributed by atoms with Gasteiger partial charge in [0.25, 0.3) is 5.91 Å². The molecule has 172 valence electrons. The van der Waals surface area contributed by atoms with Gasteiger partial charge in [-0.05, 0) is 69.9 Å². The van der Waals surface area contributed by atoms with Crippen molar-refractivity contribution in [1.82, 2.24) is 5.32 Å². The van der Waals surface area contributed by atoms with E-state index in [0.29, 0.717) is 30.3 Å². The summed E-state index contributed by atoms with van der Waals surface area (Å²) >= 11 is 0. The molecule has 1 aliphatic rings. The van der Waals surface area contributed by atoms with Gasteiger partial charge in [0.15, 0.2) is 11.5 Å². The van der Waals surface area contributed by atoms with Gasteiger partial charge in [0.1, 0.15) is 5.84 Å². The van der Waals surface area contributed by atoms with E-state index < -0.39 is 5.91 Å². The first-order valence-corrected chi connectivity index (χ1v) is 11.1. The molecule has 1 atom stereocenters. The minimum absolute atomic E-state index is 0.0441. The Bertz CT molecular complexity index is 1000. The highest BCUT2D eigenvalue weighted by molar-refractivity contribution is 6.09. The summed E-state index contributed by atoms with van der Waals surface area (Å²) in [6, 6.07) is 11.0. The van der Waals surface area contributed by atoms with Crippen molar-refractivity contribution in [1.29, 1.82) is 0 Å². The van der Waals surface area contributed by atoms with Crippen molar-refractivity contribution in [3.05, 3.63) is 58.7 Å². The minimum Gasteiger partial charge on any atom is -0.490 e. The lowest BCUT2D eigenvalue weighted by Crippen LogP contribution is -2.44. The lowest BCUT2D eigenvalue weighted by atomic mass is 9.99. The molecule has 0 radical (unpaired) electrons. The zero-order chi connectivity index (χ0) is 23.3. The maximum Gasteiger partial charge on any atom is 0.279 e. The lowest BCUT2D eigenvalue weighted by molar-refractivity contribution is 0.100. The number of nitrogens with one attached hydrogen (secondary N) is 1. The molecule has 1 unspecified atom stereocenters. The molecule has 0 heterocycles. The SMILES string of the molecule is CCOc1ccc(C(=O)N=C(N)c2cccc3c2CCC3NC(C)(C)CO)cc1OCC. The zero-order valence-electron chi connectivity index (χ0n) is 19.3. The zero-order valence-corrected chi connectivity index (χ0v) is 19.3. The number of carbonyl (C=O) groups excluding carboxylic acids is 1. The van der Waals surface area contributed by atoms with E-state index in [9.17, 15) is 9.90 Å². The molecule has 4 N–H and O–H groups in total. The molecule has 3 rings (SSSR count). The van der Waals surface area contributed by atoms with Gasteiger partial charge in [0.2, 0.25) is 0 Å². The summed E-state index contributed by atoms with van der Waals surface area (Å²) in [5.74, 6) is 0.863. The van der Waals surface area contributed by atoms with E-state index in [1.54, 1.807) is 18.2 Å². The van der Waals surface area contributed by atoms with E-state index in [1.165, 1.54) is 0 Å². The number of aliphatic imine (C=N–C) groups is 1. The summed E-state index contributed by atoms with van der Waals surface area (Å²) < 4.78 is 11.2. The minimum atomic E-state index is -0.432. The van der Waals surface area contributed by atoms with Crippen molar-refractivity contribution in [2.24, 2.45) is 10.7 Å². The van der Waals surface area contributed by atoms with E-state index >= 15 is 0 Å². The molecule has 0 saturated carbocycles. The Morgan fingerprint density at radius 1 is 1.19 bits per heavy atom. The third-order valence-corrected chi connectivity index (χ3v) is 5.52. The summed E-state index contributed by atoms with van der Waals surface area (Å²) in [6.07, 6.45) is 1.72. The lowest BCUT2D eigenvalue weighted by Gasteiger charge is -2.28. The first-order chi connectivity index (χ1) is 15.3. The number of hydrogen-bond donors (Lipinski definition) is 3. The van der Waals surface area contributed by atoms with Crippen LogP contribution in [0.4, 0.5) is 0 Å². The van der Waals surface area contributed by atoms with Crippen molar-refractivity contribution in [2.75, 3.05) is 19.8 Å². The number of benzene rings is 2. The topological polar surface area (TPSA) is 106 Å². The summed E-state index contributed by atoms with van der Waals surface area (Å²) in [6.45, 7) is 8.71. The quantitative estimate of drug-likeness (QED) is 0.409. The van der Waals surface area contributed by atoms with E-state index in [2.05, 4.69) is 16.4 Å². The van der Waals surface area contributed by atoms with Gasteiger partial charge in [-0.25, -0.2) is 0 Å². The fourth-order valence-electron chi connectivity index (χ4n) is 3.98. The van der Waals surface area contributed by atoms with Crippen LogP contribution in [0, 0.1) is 0 Å². The molecule has 0 fully saturated rings. The number of nitrogens with two attached hydrogens (primary N) is 1. The predicted octanol–water partition coefficient (Wildman–Crippen LogP) is 3.38. The molecule has 2 aromatic carbocycles. The molecule has 1 aliphatic carbocycles. The Morgan fingerprint density at radius 3 is 2.59 bits per heavy atom. The van der Waals surface area contributed by atoms with E-state index in [-0.39, 0.29) is 24.0 Å². The second-order valence-corrected chi connectivity index (χ2v) is 8.48. The van der Waals surface area contributed by atoms with Crippen LogP contribution >= 0.6 is 0 Å². The van der Waals surface area contributed by atoms with Crippen molar-refractivity contribution in [3.63, 3.8) is 0 Å². The second-order valence-electron chi connectivity index (χ2n) is 8.48. The number of fused-ring (bicyclic) bond motifs is 1. The number of aliphatic hydroxyl groups is 1. The summed E-state index contributed by atoms with van der Waals surface area (Å²) in [4.78, 5) is 17.0. The van der Waals surface area contributed by atoms with Crippen LogP contribution in [0.3, 0.4) is 0 Å². The van der Waals surface area contributed by atoms with Crippen LogP contribution in [0.1, 0.15) is 67.2 Å². The maximum absolute atomic E-state index is 12.8. The summed E-state index contributed by atoms with van der Waals surface area (Å²) in [5.41, 5.74) is 9.29. The number of carbonyl (C=O) groups is 1. The molecule has 7 nitrogen and oxygen atoms in total. The predicted molar refractivity (Wildman–Crippen MR) is 126 cm³/mol. The Hall–Kier alpha value is -2.90. The number of amides is 1. The molecule has 0 saturated heterocycles. The molecule has 0 bridgehead atoms. The number of nitrogens with zero attached hydrogens (tertiary/aromatic N) is 1. The van der Waals surface area contributed by atoms with Crippen LogP contribution in [0.2, 0.25) is 0 Å². The van der Waals surface area contributed by atoms with Gasteiger partial charge < -0.3 is 25.6 Å². The number of ether oxygens (including phenoxy) is 2. The monoisotopic (exact) mass is 439 g/mol. The number of aliphatic hydroxyl groups excluding tert-OH is 1. The Labute approximate surface area is 189 Å². The summed E-state index contributed by atoms with van der Waals surface area (Å²) in [7, 11) is 0. The molecule has 0 spiro atoms. The summed E-state index contributed by atoms with van der Waals surface area (Å²) in [5, 5.41) is 13.1. The maximum atomic E-state index is 12.8. The fourth-order valence-corrected chi connectivity index (χ4v) is 3.98. The van der Waals surface area contributed by atoms with Crippen LogP contribution < -0.4 is 20.5 Å². The smallest absolute Gasteiger partial charge is 0.279 e. The third kappa shape index (κ3) is 5.29. The molecule has 7 heteroatoms. The fraction of sp³-hybridized carbons (Fsp3) is 0.440. The van der Waals surface area contributed by atoms with Crippen LogP contribution in [0.25, 0.3) is 0 Å². The van der Waals surface area contributed by atoms with Crippen molar-refractivity contribution >= 4 is 11.7 Å². The third-order valence-electron chi connectivity index (χ3n) is 5.52. The number of rotatable bonds is 9. The van der Waals surface area contributed by atoms with Crippen LogP contribution in [-0.2, 0) is 6.42 Å². The standard InChI is InChI=1S/C25H33N3O4/c1-5-31-21-13-10-16(14-22(21)32-6-2)24(30)27-23(26)19-9-7-8-18-17(19)11-12-20(18)28-25(3,4)15-29/h7-10,13-14,20,28-29H,5-6,11-12,15H2,1-4H3,(H2,26,27,30). The Balaban J connectivity index is 1.86. The largest absolute Gasteiger partial charge is 0.490 e. The molecular weight excluding hydrogens is 406 g/mol. The average Bonchev–Trinajstić information content (AvgIpc) is 3.17. The van der Waals surface area contributed by atoms with E-state index in [1.807, 2.05) is 39.8 Å². The second kappa shape index (κ2) is 10.1. The molecule has 2 aromatic rings.